The molecule has 0 unspecified atom stereocenters. The molecule has 0 aliphatic heterocycles. The molecule has 0 bridgehead atoms. The van der Waals surface area contributed by atoms with Crippen molar-refractivity contribution < 1.29 is 0 Å². The van der Waals surface area contributed by atoms with E-state index in [1.165, 1.54) is 12.4 Å². The first-order chi connectivity index (χ1) is 8.16. The lowest BCUT2D eigenvalue weighted by atomic mass is 10.4. The molecule has 0 saturated carbocycles. The van der Waals surface area contributed by atoms with E-state index < -0.39 is 0 Å². The molecule has 0 radical (unpaired) electrons. The van der Waals surface area contributed by atoms with Gasteiger partial charge in [-0.2, -0.15) is 5.10 Å². The van der Waals surface area contributed by atoms with Gasteiger partial charge in [-0.15, -0.1) is 11.3 Å². The van der Waals surface area contributed by atoms with E-state index in [0.717, 1.165) is 9.35 Å². The molecule has 2 aromatic rings. The first kappa shape index (κ1) is 12.8. The van der Waals surface area contributed by atoms with Crippen LogP contribution in [-0.2, 0) is 0 Å². The number of hydrogen-bond acceptors (Lipinski definition) is 4. The highest BCUT2D eigenvalue weighted by Gasteiger charge is 2.04. The van der Waals surface area contributed by atoms with Crippen LogP contribution in [0.15, 0.2) is 33.4 Å². The minimum Gasteiger partial charge on any atom is -0.275 e. The Balaban J connectivity index is 2.10. The van der Waals surface area contributed by atoms with Crippen molar-refractivity contribution in [3.8, 4) is 0 Å². The molecule has 1 N–H and O–H groups in total. The quantitative estimate of drug-likeness (QED) is 0.645. The summed E-state index contributed by atoms with van der Waals surface area (Å²) < 4.78 is 1.03. The van der Waals surface area contributed by atoms with E-state index in [1.54, 1.807) is 17.6 Å². The lowest BCUT2D eigenvalue weighted by Crippen LogP contribution is -1.92. The Bertz CT molecular complexity index is 536. The third kappa shape index (κ3) is 3.42. The fourth-order valence-electron chi connectivity index (χ4n) is 1.07. The molecule has 0 aliphatic rings. The highest BCUT2D eigenvalue weighted by molar-refractivity contribution is 9.10. The summed E-state index contributed by atoms with van der Waals surface area (Å²) in [4.78, 5) is 4.87. The summed E-state index contributed by atoms with van der Waals surface area (Å²) in [6.45, 7) is 0. The summed E-state index contributed by atoms with van der Waals surface area (Å²) in [6, 6.07) is 1.96. The van der Waals surface area contributed by atoms with Crippen LogP contribution in [0.4, 0.5) is 5.69 Å². The summed E-state index contributed by atoms with van der Waals surface area (Å²) in [5.74, 6) is 0. The van der Waals surface area contributed by atoms with Crippen LogP contribution >= 0.6 is 50.5 Å². The summed E-state index contributed by atoms with van der Waals surface area (Å²) in [6.07, 6.45) is 4.71. The third-order valence-electron chi connectivity index (χ3n) is 1.81. The van der Waals surface area contributed by atoms with Crippen molar-refractivity contribution >= 4 is 62.4 Å². The maximum absolute atomic E-state index is 5.93. The van der Waals surface area contributed by atoms with Gasteiger partial charge >= 0.3 is 0 Å². The van der Waals surface area contributed by atoms with E-state index in [4.69, 9.17) is 23.2 Å². The second-order valence-corrected chi connectivity index (χ2v) is 5.69. The van der Waals surface area contributed by atoms with Gasteiger partial charge in [-0.3, -0.25) is 10.4 Å². The van der Waals surface area contributed by atoms with Crippen molar-refractivity contribution in [3.63, 3.8) is 0 Å². The van der Waals surface area contributed by atoms with Crippen molar-refractivity contribution in [2.24, 2.45) is 5.10 Å². The number of thiophene rings is 1. The number of rotatable bonds is 3. The van der Waals surface area contributed by atoms with Crippen LogP contribution in [0.5, 0.6) is 0 Å². The van der Waals surface area contributed by atoms with Crippen molar-refractivity contribution in [1.29, 1.82) is 0 Å². The average Bonchev–Trinajstić information content (AvgIpc) is 2.69. The molecule has 0 aliphatic carbocycles. The Kier molecular flexibility index (Phi) is 4.39. The zero-order chi connectivity index (χ0) is 12.3. The maximum Gasteiger partial charge on any atom is 0.0965 e. The standard InChI is InChI=1S/C10H6BrCl2N3S/c11-6-1-7(17-5-6)2-15-16-10-8(12)3-14-4-9(10)13/h1-5H,(H,14,16). The van der Waals surface area contributed by atoms with E-state index in [0.29, 0.717) is 15.7 Å². The minimum absolute atomic E-state index is 0.432. The van der Waals surface area contributed by atoms with Gasteiger partial charge < -0.3 is 0 Å². The van der Waals surface area contributed by atoms with E-state index >= 15 is 0 Å². The Morgan fingerprint density at radius 3 is 2.65 bits per heavy atom. The monoisotopic (exact) mass is 349 g/mol. The summed E-state index contributed by atoms with van der Waals surface area (Å²) in [7, 11) is 0. The summed E-state index contributed by atoms with van der Waals surface area (Å²) >= 11 is 16.8. The lowest BCUT2D eigenvalue weighted by molar-refractivity contribution is 1.28. The van der Waals surface area contributed by atoms with Gasteiger partial charge in [-0.1, -0.05) is 23.2 Å². The van der Waals surface area contributed by atoms with Crippen LogP contribution in [0, 0.1) is 0 Å². The second kappa shape index (κ2) is 5.82. The number of pyridine rings is 1. The van der Waals surface area contributed by atoms with E-state index in [-0.39, 0.29) is 0 Å². The topological polar surface area (TPSA) is 37.3 Å². The molecule has 2 rings (SSSR count). The highest BCUT2D eigenvalue weighted by Crippen LogP contribution is 2.28. The van der Waals surface area contributed by atoms with Crippen LogP contribution in [0.2, 0.25) is 10.0 Å². The van der Waals surface area contributed by atoms with Gasteiger partial charge in [0.25, 0.3) is 0 Å². The minimum atomic E-state index is 0.432. The highest BCUT2D eigenvalue weighted by atomic mass is 79.9. The molecule has 3 nitrogen and oxygen atoms in total. The molecule has 0 atom stereocenters. The number of nitrogens with zero attached hydrogens (tertiary/aromatic N) is 2. The second-order valence-electron chi connectivity index (χ2n) is 3.02. The van der Waals surface area contributed by atoms with Gasteiger partial charge in [0.05, 0.1) is 21.9 Å². The molecule has 17 heavy (non-hydrogen) atoms. The van der Waals surface area contributed by atoms with Crippen LogP contribution in [0.3, 0.4) is 0 Å². The third-order valence-corrected chi connectivity index (χ3v) is 4.01. The van der Waals surface area contributed by atoms with Gasteiger partial charge in [-0.25, -0.2) is 0 Å². The van der Waals surface area contributed by atoms with Crippen molar-refractivity contribution in [2.75, 3.05) is 5.43 Å². The number of anilines is 1. The van der Waals surface area contributed by atoms with Crippen LogP contribution in [-0.4, -0.2) is 11.2 Å². The van der Waals surface area contributed by atoms with Crippen LogP contribution in [0.25, 0.3) is 0 Å². The number of hydrazone groups is 1. The van der Waals surface area contributed by atoms with Crippen molar-refractivity contribution in [1.82, 2.24) is 4.98 Å². The van der Waals surface area contributed by atoms with Gasteiger partial charge in [0.2, 0.25) is 0 Å². The fourth-order valence-corrected chi connectivity index (χ4v) is 2.83. The van der Waals surface area contributed by atoms with Crippen molar-refractivity contribution in [2.45, 2.75) is 0 Å². The van der Waals surface area contributed by atoms with E-state index in [9.17, 15) is 0 Å². The molecule has 0 fully saturated rings. The Hall–Kier alpha value is -0.620. The molecule has 7 heteroatoms. The smallest absolute Gasteiger partial charge is 0.0965 e. The number of nitrogens with one attached hydrogen (secondary N) is 1. The molecule has 0 saturated heterocycles. The van der Waals surface area contributed by atoms with Crippen molar-refractivity contribution in [3.05, 3.63) is 43.2 Å². The number of halogens is 3. The molecular formula is C10H6BrCl2N3S. The molecule has 0 aromatic carbocycles. The molecule has 0 spiro atoms. The van der Waals surface area contributed by atoms with Gasteiger partial charge in [0.1, 0.15) is 0 Å². The van der Waals surface area contributed by atoms with Gasteiger partial charge in [0.15, 0.2) is 0 Å². The Labute approximate surface area is 121 Å². The number of aromatic nitrogens is 1. The average molecular weight is 351 g/mol. The zero-order valence-corrected chi connectivity index (χ0v) is 12.2. The maximum atomic E-state index is 5.93. The van der Waals surface area contributed by atoms with Crippen LogP contribution in [0.1, 0.15) is 4.88 Å². The SMILES string of the molecule is Clc1cncc(Cl)c1NN=Cc1cc(Br)cs1. The molecular weight excluding hydrogens is 345 g/mol. The zero-order valence-electron chi connectivity index (χ0n) is 8.32. The first-order valence-corrected chi connectivity index (χ1v) is 6.92. The first-order valence-electron chi connectivity index (χ1n) is 4.49. The molecule has 2 aromatic heterocycles. The number of hydrogen-bond donors (Lipinski definition) is 1. The predicted molar refractivity (Wildman–Crippen MR) is 77.5 cm³/mol. The fraction of sp³-hybridized carbons (Fsp3) is 0. The van der Waals surface area contributed by atoms with E-state index in [1.807, 2.05) is 11.4 Å². The van der Waals surface area contributed by atoms with E-state index in [2.05, 4.69) is 31.4 Å². The normalized spacial score (nSPS) is 11.0. The molecule has 0 amide bonds. The lowest BCUT2D eigenvalue weighted by Gasteiger charge is -2.03. The Morgan fingerprint density at radius 1 is 1.35 bits per heavy atom. The summed E-state index contributed by atoms with van der Waals surface area (Å²) in [5.41, 5.74) is 3.35. The molecule has 88 valence electrons. The van der Waals surface area contributed by atoms with Gasteiger partial charge in [-0.05, 0) is 22.0 Å². The van der Waals surface area contributed by atoms with Crippen LogP contribution < -0.4 is 5.43 Å². The largest absolute Gasteiger partial charge is 0.275 e. The van der Waals surface area contributed by atoms with Gasteiger partial charge in [0, 0.05) is 27.1 Å². The molecule has 2 heterocycles. The Morgan fingerprint density at radius 2 is 2.06 bits per heavy atom. The summed E-state index contributed by atoms with van der Waals surface area (Å²) in [5, 5.41) is 6.91. The predicted octanol–water partition coefficient (Wildman–Crippen LogP) is 4.66.